The number of nitrogens with one attached hydrogen (secondary N) is 1. The first-order valence-electron chi connectivity index (χ1n) is 9.29. The lowest BCUT2D eigenvalue weighted by atomic mass is 10.2. The van der Waals surface area contributed by atoms with E-state index in [0.717, 1.165) is 39.3 Å². The van der Waals surface area contributed by atoms with Crippen LogP contribution in [-0.4, -0.2) is 99.3 Å². The fraction of sp³-hybridized carbons (Fsp3) is 0.941. The largest absolute Gasteiger partial charge is 0.379 e. The first kappa shape index (κ1) is 18.6. The minimum atomic E-state index is 0.155. The van der Waals surface area contributed by atoms with Crippen LogP contribution in [0.3, 0.4) is 0 Å². The van der Waals surface area contributed by atoms with Gasteiger partial charge in [-0.05, 0) is 25.9 Å². The summed E-state index contributed by atoms with van der Waals surface area (Å²) >= 11 is 0. The van der Waals surface area contributed by atoms with Crippen molar-refractivity contribution in [1.82, 2.24) is 20.0 Å². The molecule has 2 rings (SSSR count). The molecule has 0 atom stereocenters. The van der Waals surface area contributed by atoms with Crippen LogP contribution in [0.25, 0.3) is 0 Å². The molecule has 0 spiro atoms. The summed E-state index contributed by atoms with van der Waals surface area (Å²) in [5, 5.41) is 3.04. The van der Waals surface area contributed by atoms with Crippen molar-refractivity contribution in [2.45, 2.75) is 26.2 Å². The Balaban J connectivity index is 1.41. The number of piperazine rings is 1. The SMILES string of the molecule is CCN1CCN(CCCCCNC(=O)CN2CCOCC2)CC1. The minimum absolute atomic E-state index is 0.155. The summed E-state index contributed by atoms with van der Waals surface area (Å²) in [5.74, 6) is 0.155. The molecule has 1 amide bonds. The van der Waals surface area contributed by atoms with E-state index < -0.39 is 0 Å². The van der Waals surface area contributed by atoms with E-state index in [-0.39, 0.29) is 5.91 Å². The Morgan fingerprint density at radius 1 is 0.913 bits per heavy atom. The third-order valence-corrected chi connectivity index (χ3v) is 4.86. The highest BCUT2D eigenvalue weighted by Gasteiger charge is 2.15. The minimum Gasteiger partial charge on any atom is -0.379 e. The number of hydrogen-bond acceptors (Lipinski definition) is 5. The second-order valence-corrected chi connectivity index (χ2v) is 6.58. The molecule has 6 heteroatoms. The van der Waals surface area contributed by atoms with Gasteiger partial charge in [0.1, 0.15) is 0 Å². The number of amides is 1. The predicted octanol–water partition coefficient (Wildman–Crippen LogP) is 0.243. The average Bonchev–Trinajstić information content (AvgIpc) is 2.59. The normalized spacial score (nSPS) is 21.4. The van der Waals surface area contributed by atoms with Crippen LogP contribution in [0, 0.1) is 0 Å². The summed E-state index contributed by atoms with van der Waals surface area (Å²) in [6.07, 6.45) is 3.53. The van der Waals surface area contributed by atoms with Crippen molar-refractivity contribution in [2.24, 2.45) is 0 Å². The van der Waals surface area contributed by atoms with Gasteiger partial charge < -0.3 is 19.9 Å². The van der Waals surface area contributed by atoms with Gasteiger partial charge in [-0.15, -0.1) is 0 Å². The fourth-order valence-corrected chi connectivity index (χ4v) is 3.21. The molecule has 0 aromatic carbocycles. The van der Waals surface area contributed by atoms with Crippen LogP contribution in [0.5, 0.6) is 0 Å². The Morgan fingerprint density at radius 3 is 2.30 bits per heavy atom. The second kappa shape index (κ2) is 11.0. The third-order valence-electron chi connectivity index (χ3n) is 4.86. The number of nitrogens with zero attached hydrogens (tertiary/aromatic N) is 3. The van der Waals surface area contributed by atoms with Crippen molar-refractivity contribution in [1.29, 1.82) is 0 Å². The predicted molar refractivity (Wildman–Crippen MR) is 92.7 cm³/mol. The Labute approximate surface area is 141 Å². The first-order chi connectivity index (χ1) is 11.3. The van der Waals surface area contributed by atoms with Gasteiger partial charge in [-0.1, -0.05) is 13.3 Å². The molecule has 0 unspecified atom stereocenters. The molecule has 6 nitrogen and oxygen atoms in total. The highest BCUT2D eigenvalue weighted by molar-refractivity contribution is 5.77. The van der Waals surface area contributed by atoms with Crippen LogP contribution < -0.4 is 5.32 Å². The Kier molecular flexibility index (Phi) is 8.89. The molecule has 2 aliphatic rings. The molecule has 1 N–H and O–H groups in total. The van der Waals surface area contributed by atoms with Crippen LogP contribution >= 0.6 is 0 Å². The van der Waals surface area contributed by atoms with Crippen LogP contribution in [0.15, 0.2) is 0 Å². The number of hydrogen-bond donors (Lipinski definition) is 1. The molecular weight excluding hydrogens is 292 g/mol. The van der Waals surface area contributed by atoms with Crippen molar-refractivity contribution in [3.63, 3.8) is 0 Å². The summed E-state index contributed by atoms with van der Waals surface area (Å²) in [7, 11) is 0. The van der Waals surface area contributed by atoms with Gasteiger partial charge in [-0.3, -0.25) is 9.69 Å². The van der Waals surface area contributed by atoms with Crippen molar-refractivity contribution in [3.05, 3.63) is 0 Å². The molecule has 23 heavy (non-hydrogen) atoms. The lowest BCUT2D eigenvalue weighted by Gasteiger charge is -2.33. The van der Waals surface area contributed by atoms with Gasteiger partial charge in [0.05, 0.1) is 19.8 Å². The number of rotatable bonds is 9. The zero-order valence-electron chi connectivity index (χ0n) is 14.8. The molecule has 2 heterocycles. The molecule has 0 aliphatic carbocycles. The van der Waals surface area contributed by atoms with E-state index in [9.17, 15) is 4.79 Å². The summed E-state index contributed by atoms with van der Waals surface area (Å²) < 4.78 is 5.29. The average molecular weight is 326 g/mol. The second-order valence-electron chi connectivity index (χ2n) is 6.58. The lowest BCUT2D eigenvalue weighted by molar-refractivity contribution is -0.123. The van der Waals surface area contributed by atoms with E-state index in [0.29, 0.717) is 6.54 Å². The summed E-state index contributed by atoms with van der Waals surface area (Å²) in [5.41, 5.74) is 0. The number of carbonyl (C=O) groups excluding carboxylic acids is 1. The fourth-order valence-electron chi connectivity index (χ4n) is 3.21. The number of likely N-dealkylation sites (N-methyl/N-ethyl adjacent to an activating group) is 1. The van der Waals surface area contributed by atoms with E-state index >= 15 is 0 Å². The summed E-state index contributed by atoms with van der Waals surface area (Å²) in [4.78, 5) is 19.1. The Bertz CT molecular complexity index is 327. The van der Waals surface area contributed by atoms with Crippen molar-refractivity contribution < 1.29 is 9.53 Å². The highest BCUT2D eigenvalue weighted by Crippen LogP contribution is 2.04. The number of morpholine rings is 1. The maximum absolute atomic E-state index is 11.8. The first-order valence-corrected chi connectivity index (χ1v) is 9.29. The van der Waals surface area contributed by atoms with Gasteiger partial charge in [0.15, 0.2) is 0 Å². The van der Waals surface area contributed by atoms with E-state index in [4.69, 9.17) is 4.74 Å². The number of carbonyl (C=O) groups is 1. The molecule has 0 aromatic heterocycles. The van der Waals surface area contributed by atoms with Crippen LogP contribution in [0.1, 0.15) is 26.2 Å². The molecule has 2 fully saturated rings. The van der Waals surface area contributed by atoms with E-state index in [2.05, 4.69) is 26.9 Å². The Hall–Kier alpha value is -0.690. The van der Waals surface area contributed by atoms with Gasteiger partial charge in [0.25, 0.3) is 0 Å². The van der Waals surface area contributed by atoms with Gasteiger partial charge in [-0.2, -0.15) is 0 Å². The zero-order valence-corrected chi connectivity index (χ0v) is 14.8. The number of ether oxygens (including phenoxy) is 1. The molecule has 2 aliphatic heterocycles. The molecule has 0 aromatic rings. The highest BCUT2D eigenvalue weighted by atomic mass is 16.5. The van der Waals surface area contributed by atoms with Crippen LogP contribution in [0.2, 0.25) is 0 Å². The van der Waals surface area contributed by atoms with E-state index in [1.807, 2.05) is 0 Å². The molecular formula is C17H34N4O2. The van der Waals surface area contributed by atoms with Gasteiger partial charge in [0.2, 0.25) is 5.91 Å². The standard InChI is InChI=1S/C17H34N4O2/c1-2-19-8-10-20(11-9-19)7-5-3-4-6-18-17(22)16-21-12-14-23-15-13-21/h2-16H2,1H3,(H,18,22). The Morgan fingerprint density at radius 2 is 1.61 bits per heavy atom. The smallest absolute Gasteiger partial charge is 0.234 e. The van der Waals surface area contributed by atoms with Gasteiger partial charge in [0, 0.05) is 45.8 Å². The quantitative estimate of drug-likeness (QED) is 0.615. The zero-order chi connectivity index (χ0) is 16.3. The maximum atomic E-state index is 11.8. The van der Waals surface area contributed by atoms with Crippen molar-refractivity contribution in [3.8, 4) is 0 Å². The molecule has 134 valence electrons. The van der Waals surface area contributed by atoms with Crippen LogP contribution in [-0.2, 0) is 9.53 Å². The summed E-state index contributed by atoms with van der Waals surface area (Å²) in [6.45, 7) is 14.1. The lowest BCUT2D eigenvalue weighted by Crippen LogP contribution is -2.46. The monoisotopic (exact) mass is 326 g/mol. The van der Waals surface area contributed by atoms with Crippen molar-refractivity contribution in [2.75, 3.05) is 78.7 Å². The number of unbranched alkanes of at least 4 members (excludes halogenated alkanes) is 2. The maximum Gasteiger partial charge on any atom is 0.234 e. The molecule has 0 bridgehead atoms. The topological polar surface area (TPSA) is 48.0 Å². The van der Waals surface area contributed by atoms with E-state index in [1.54, 1.807) is 0 Å². The molecule has 2 saturated heterocycles. The summed E-state index contributed by atoms with van der Waals surface area (Å²) in [6, 6.07) is 0. The van der Waals surface area contributed by atoms with Gasteiger partial charge >= 0.3 is 0 Å². The van der Waals surface area contributed by atoms with E-state index in [1.165, 1.54) is 52.1 Å². The third kappa shape index (κ3) is 7.61. The van der Waals surface area contributed by atoms with Gasteiger partial charge in [-0.25, -0.2) is 0 Å². The molecule has 0 radical (unpaired) electrons. The molecule has 0 saturated carbocycles. The van der Waals surface area contributed by atoms with Crippen molar-refractivity contribution >= 4 is 5.91 Å². The van der Waals surface area contributed by atoms with Crippen LogP contribution in [0.4, 0.5) is 0 Å².